The molecule has 0 bridgehead atoms. The molecular formula is C17H16ClFN2O2. The van der Waals surface area contributed by atoms with Gasteiger partial charge in [0.15, 0.2) is 0 Å². The fourth-order valence-electron chi connectivity index (χ4n) is 2.08. The number of carbonyl (C=O) groups excluding carboxylic acids is 2. The molecule has 0 spiro atoms. The predicted octanol–water partition coefficient (Wildman–Crippen LogP) is 3.78. The minimum absolute atomic E-state index is 0.104. The van der Waals surface area contributed by atoms with Crippen LogP contribution < -0.4 is 10.2 Å². The van der Waals surface area contributed by atoms with Crippen LogP contribution in [0.2, 0.25) is 5.02 Å². The molecule has 0 radical (unpaired) electrons. The molecule has 2 aromatic carbocycles. The number of hydrogen-bond donors (Lipinski definition) is 1. The maximum absolute atomic E-state index is 13.2. The second-order valence-corrected chi connectivity index (χ2v) is 5.47. The van der Waals surface area contributed by atoms with E-state index in [0.29, 0.717) is 11.4 Å². The second-order valence-electron chi connectivity index (χ2n) is 5.07. The molecule has 0 saturated carbocycles. The summed E-state index contributed by atoms with van der Waals surface area (Å²) in [5.74, 6) is -1.27. The average Bonchev–Trinajstić information content (AvgIpc) is 2.50. The fourth-order valence-corrected chi connectivity index (χ4v) is 2.26. The van der Waals surface area contributed by atoms with E-state index < -0.39 is 5.82 Å². The summed E-state index contributed by atoms with van der Waals surface area (Å²) in [6, 6.07) is 11.2. The maximum atomic E-state index is 13.2. The standard InChI is InChI=1S/C17H16ClFN2O2/c1-11-5-3-4-6-16(11)20-17(23)10-21(12(2)22)13-7-8-15(19)14(18)9-13/h3-9H,10H2,1-2H3,(H,20,23). The summed E-state index contributed by atoms with van der Waals surface area (Å²) in [7, 11) is 0. The van der Waals surface area contributed by atoms with Crippen molar-refractivity contribution in [1.82, 2.24) is 0 Å². The Hall–Kier alpha value is -2.40. The number of hydrogen-bond acceptors (Lipinski definition) is 2. The quantitative estimate of drug-likeness (QED) is 0.925. The van der Waals surface area contributed by atoms with E-state index in [1.807, 2.05) is 25.1 Å². The molecule has 0 saturated heterocycles. The van der Waals surface area contributed by atoms with Crippen LogP contribution in [0, 0.1) is 12.7 Å². The van der Waals surface area contributed by atoms with Crippen LogP contribution in [0.1, 0.15) is 12.5 Å². The lowest BCUT2D eigenvalue weighted by Gasteiger charge is -2.21. The molecule has 2 aromatic rings. The minimum atomic E-state index is -0.580. The first-order chi connectivity index (χ1) is 10.9. The Balaban J connectivity index is 2.16. The topological polar surface area (TPSA) is 49.4 Å². The van der Waals surface area contributed by atoms with Gasteiger partial charge in [0, 0.05) is 18.3 Å². The Morgan fingerprint density at radius 3 is 2.52 bits per heavy atom. The molecular weight excluding hydrogens is 319 g/mol. The third-order valence-corrected chi connectivity index (χ3v) is 3.61. The molecule has 4 nitrogen and oxygen atoms in total. The number of benzene rings is 2. The zero-order valence-corrected chi connectivity index (χ0v) is 13.5. The van der Waals surface area contributed by atoms with E-state index in [0.717, 1.165) is 11.6 Å². The third-order valence-electron chi connectivity index (χ3n) is 3.32. The number of nitrogens with one attached hydrogen (secondary N) is 1. The summed E-state index contributed by atoms with van der Waals surface area (Å²) in [4.78, 5) is 25.2. The van der Waals surface area contributed by atoms with Crippen LogP contribution in [0.5, 0.6) is 0 Å². The van der Waals surface area contributed by atoms with Gasteiger partial charge in [-0.3, -0.25) is 9.59 Å². The van der Waals surface area contributed by atoms with Crippen LogP contribution in [-0.4, -0.2) is 18.4 Å². The third kappa shape index (κ3) is 4.29. The summed E-state index contributed by atoms with van der Waals surface area (Å²) in [6.07, 6.45) is 0. The number of amides is 2. The fraction of sp³-hybridized carbons (Fsp3) is 0.176. The zero-order chi connectivity index (χ0) is 17.0. The Kier molecular flexibility index (Phi) is 5.34. The van der Waals surface area contributed by atoms with Gasteiger partial charge in [0.1, 0.15) is 12.4 Å². The van der Waals surface area contributed by atoms with Crippen LogP contribution >= 0.6 is 11.6 Å². The van der Waals surface area contributed by atoms with Gasteiger partial charge in [-0.2, -0.15) is 0 Å². The van der Waals surface area contributed by atoms with Gasteiger partial charge >= 0.3 is 0 Å². The van der Waals surface area contributed by atoms with Gasteiger partial charge in [-0.25, -0.2) is 4.39 Å². The first-order valence-corrected chi connectivity index (χ1v) is 7.35. The van der Waals surface area contributed by atoms with E-state index in [2.05, 4.69) is 5.32 Å². The maximum Gasteiger partial charge on any atom is 0.244 e. The molecule has 1 N–H and O–H groups in total. The Labute approximate surface area is 138 Å². The van der Waals surface area contributed by atoms with Crippen molar-refractivity contribution in [3.05, 3.63) is 58.9 Å². The molecule has 0 heterocycles. The van der Waals surface area contributed by atoms with Crippen molar-refractivity contribution >= 4 is 34.8 Å². The molecule has 0 atom stereocenters. The number of para-hydroxylation sites is 1. The highest BCUT2D eigenvalue weighted by atomic mass is 35.5. The van der Waals surface area contributed by atoms with Gasteiger partial charge < -0.3 is 10.2 Å². The molecule has 0 aliphatic carbocycles. The Morgan fingerprint density at radius 2 is 1.91 bits per heavy atom. The van der Waals surface area contributed by atoms with E-state index in [1.54, 1.807) is 6.07 Å². The smallest absolute Gasteiger partial charge is 0.244 e. The molecule has 0 fully saturated rings. The van der Waals surface area contributed by atoms with E-state index in [1.165, 1.54) is 24.0 Å². The van der Waals surface area contributed by atoms with E-state index >= 15 is 0 Å². The van der Waals surface area contributed by atoms with E-state index in [4.69, 9.17) is 11.6 Å². The Morgan fingerprint density at radius 1 is 1.22 bits per heavy atom. The van der Waals surface area contributed by atoms with Crippen molar-refractivity contribution in [2.24, 2.45) is 0 Å². The minimum Gasteiger partial charge on any atom is -0.324 e. The van der Waals surface area contributed by atoms with Gasteiger partial charge in [-0.1, -0.05) is 29.8 Å². The van der Waals surface area contributed by atoms with Crippen LogP contribution in [0.25, 0.3) is 0 Å². The normalized spacial score (nSPS) is 10.3. The summed E-state index contributed by atoms with van der Waals surface area (Å²) in [6.45, 7) is 3.02. The number of rotatable bonds is 4. The van der Waals surface area contributed by atoms with Crippen LogP contribution in [0.4, 0.5) is 15.8 Å². The second kappa shape index (κ2) is 7.24. The molecule has 6 heteroatoms. The highest BCUT2D eigenvalue weighted by molar-refractivity contribution is 6.31. The Bertz CT molecular complexity index is 749. The van der Waals surface area contributed by atoms with E-state index in [-0.39, 0.29) is 23.4 Å². The lowest BCUT2D eigenvalue weighted by atomic mass is 10.2. The number of nitrogens with zero attached hydrogens (tertiary/aromatic N) is 1. The number of aryl methyl sites for hydroxylation is 1. The molecule has 0 aliphatic heterocycles. The van der Waals surface area contributed by atoms with Gasteiger partial charge in [0.05, 0.1) is 5.02 Å². The number of halogens is 2. The molecule has 23 heavy (non-hydrogen) atoms. The molecule has 120 valence electrons. The van der Waals surface area contributed by atoms with Crippen LogP contribution in [-0.2, 0) is 9.59 Å². The van der Waals surface area contributed by atoms with E-state index in [9.17, 15) is 14.0 Å². The first-order valence-electron chi connectivity index (χ1n) is 6.97. The SMILES string of the molecule is CC(=O)N(CC(=O)Nc1ccccc1C)c1ccc(F)c(Cl)c1. The monoisotopic (exact) mass is 334 g/mol. The van der Waals surface area contributed by atoms with Crippen molar-refractivity contribution in [1.29, 1.82) is 0 Å². The highest BCUT2D eigenvalue weighted by Gasteiger charge is 2.17. The largest absolute Gasteiger partial charge is 0.324 e. The molecule has 0 unspecified atom stereocenters. The van der Waals surface area contributed by atoms with Crippen LogP contribution in [0.3, 0.4) is 0 Å². The highest BCUT2D eigenvalue weighted by Crippen LogP contribution is 2.23. The number of carbonyl (C=O) groups is 2. The molecule has 2 rings (SSSR count). The average molecular weight is 335 g/mol. The first kappa shape index (κ1) is 17.0. The summed E-state index contributed by atoms with van der Waals surface area (Å²) < 4.78 is 13.2. The molecule has 0 aliphatic rings. The summed E-state index contributed by atoms with van der Waals surface area (Å²) in [5, 5.41) is 2.65. The van der Waals surface area contributed by atoms with Gasteiger partial charge in [-0.05, 0) is 36.8 Å². The molecule has 0 aromatic heterocycles. The lowest BCUT2D eigenvalue weighted by Crippen LogP contribution is -2.36. The zero-order valence-electron chi connectivity index (χ0n) is 12.8. The summed E-state index contributed by atoms with van der Waals surface area (Å²) >= 11 is 5.74. The van der Waals surface area contributed by atoms with Crippen molar-refractivity contribution < 1.29 is 14.0 Å². The van der Waals surface area contributed by atoms with Gasteiger partial charge in [0.2, 0.25) is 11.8 Å². The van der Waals surface area contributed by atoms with Crippen molar-refractivity contribution in [2.75, 3.05) is 16.8 Å². The van der Waals surface area contributed by atoms with Crippen LogP contribution in [0.15, 0.2) is 42.5 Å². The summed E-state index contributed by atoms with van der Waals surface area (Å²) in [5.41, 5.74) is 1.96. The van der Waals surface area contributed by atoms with Crippen molar-refractivity contribution in [2.45, 2.75) is 13.8 Å². The van der Waals surface area contributed by atoms with Crippen molar-refractivity contribution in [3.63, 3.8) is 0 Å². The number of anilines is 2. The van der Waals surface area contributed by atoms with Gasteiger partial charge in [0.25, 0.3) is 0 Å². The molecule has 2 amide bonds. The van der Waals surface area contributed by atoms with Gasteiger partial charge in [-0.15, -0.1) is 0 Å². The van der Waals surface area contributed by atoms with Crippen molar-refractivity contribution in [3.8, 4) is 0 Å². The predicted molar refractivity (Wildman–Crippen MR) is 89.2 cm³/mol. The lowest BCUT2D eigenvalue weighted by molar-refractivity contribution is -0.120.